The van der Waals surface area contributed by atoms with Crippen molar-refractivity contribution in [3.63, 3.8) is 0 Å². The quantitative estimate of drug-likeness (QED) is 0.658. The first-order valence-corrected chi connectivity index (χ1v) is 5.32. The summed E-state index contributed by atoms with van der Waals surface area (Å²) in [5.41, 5.74) is -0.135. The van der Waals surface area contributed by atoms with E-state index in [1.165, 1.54) is 6.07 Å². The zero-order valence-electron chi connectivity index (χ0n) is 8.27. The second kappa shape index (κ2) is 3.73. The summed E-state index contributed by atoms with van der Waals surface area (Å²) in [4.78, 5) is 3.86. The van der Waals surface area contributed by atoms with Crippen molar-refractivity contribution >= 4 is 26.7 Å². The molecule has 0 spiro atoms. The summed E-state index contributed by atoms with van der Waals surface area (Å²) in [6, 6.07) is 6.38. The summed E-state index contributed by atoms with van der Waals surface area (Å²) in [5, 5.41) is 0.701. The molecule has 1 aromatic carbocycles. The average Bonchev–Trinajstić information content (AvgIpc) is 2.15. The monoisotopic (exact) mass is 289 g/mol. The standard InChI is InChI=1S/C11H7BrF3N/c1-6-7-4-2-3-5-8(7)9(10(12)16-6)11(13,14)15/h2-5H,1H3. The van der Waals surface area contributed by atoms with Gasteiger partial charge in [0.15, 0.2) is 0 Å². The predicted molar refractivity (Wildman–Crippen MR) is 59.2 cm³/mol. The SMILES string of the molecule is Cc1nc(Br)c(C(F)(F)F)c2ccccc12. The van der Waals surface area contributed by atoms with Crippen LogP contribution in [0.2, 0.25) is 0 Å². The van der Waals surface area contributed by atoms with Crippen LogP contribution in [0.4, 0.5) is 13.2 Å². The number of benzene rings is 1. The van der Waals surface area contributed by atoms with E-state index in [1.54, 1.807) is 25.1 Å². The Morgan fingerprint density at radius 1 is 1.12 bits per heavy atom. The van der Waals surface area contributed by atoms with Gasteiger partial charge in [-0.1, -0.05) is 24.3 Å². The maximum atomic E-state index is 12.8. The lowest BCUT2D eigenvalue weighted by atomic mass is 10.1. The van der Waals surface area contributed by atoms with Gasteiger partial charge in [-0.15, -0.1) is 0 Å². The van der Waals surface area contributed by atoms with Gasteiger partial charge in [-0.05, 0) is 28.2 Å². The molecule has 0 aliphatic carbocycles. The van der Waals surface area contributed by atoms with Crippen LogP contribution in [0.25, 0.3) is 10.8 Å². The summed E-state index contributed by atoms with van der Waals surface area (Å²) in [6.45, 7) is 1.69. The summed E-state index contributed by atoms with van der Waals surface area (Å²) in [6.07, 6.45) is -4.40. The Hall–Kier alpha value is -1.10. The molecule has 0 atom stereocenters. The lowest BCUT2D eigenvalue weighted by molar-refractivity contribution is -0.137. The van der Waals surface area contributed by atoms with Crippen LogP contribution in [-0.4, -0.2) is 4.98 Å². The fourth-order valence-corrected chi connectivity index (χ4v) is 2.37. The Balaban J connectivity index is 2.93. The maximum absolute atomic E-state index is 12.8. The molecule has 0 amide bonds. The molecular weight excluding hydrogens is 283 g/mol. The predicted octanol–water partition coefficient (Wildman–Crippen LogP) is 4.32. The van der Waals surface area contributed by atoms with Gasteiger partial charge < -0.3 is 0 Å². The van der Waals surface area contributed by atoms with E-state index in [4.69, 9.17) is 0 Å². The van der Waals surface area contributed by atoms with Crippen molar-refractivity contribution in [3.8, 4) is 0 Å². The van der Waals surface area contributed by atoms with E-state index in [-0.39, 0.29) is 9.99 Å². The van der Waals surface area contributed by atoms with Crippen LogP contribution in [0.1, 0.15) is 11.3 Å². The first-order valence-electron chi connectivity index (χ1n) is 4.53. The Kier molecular flexibility index (Phi) is 2.66. The Morgan fingerprint density at radius 3 is 2.25 bits per heavy atom. The highest BCUT2D eigenvalue weighted by molar-refractivity contribution is 9.10. The van der Waals surface area contributed by atoms with Crippen LogP contribution >= 0.6 is 15.9 Å². The number of alkyl halides is 3. The van der Waals surface area contributed by atoms with Gasteiger partial charge in [-0.25, -0.2) is 4.98 Å². The summed E-state index contributed by atoms with van der Waals surface area (Å²) in [5.74, 6) is 0. The van der Waals surface area contributed by atoms with Gasteiger partial charge in [-0.3, -0.25) is 0 Å². The molecule has 2 aromatic rings. The summed E-state index contributed by atoms with van der Waals surface area (Å²) >= 11 is 2.87. The molecule has 0 unspecified atom stereocenters. The van der Waals surface area contributed by atoms with Gasteiger partial charge in [0.2, 0.25) is 0 Å². The van der Waals surface area contributed by atoms with E-state index in [1.807, 2.05) is 0 Å². The van der Waals surface area contributed by atoms with Crippen molar-refractivity contribution in [2.24, 2.45) is 0 Å². The van der Waals surface area contributed by atoms with E-state index in [0.29, 0.717) is 11.1 Å². The van der Waals surface area contributed by atoms with Gasteiger partial charge in [0.25, 0.3) is 0 Å². The second-order valence-electron chi connectivity index (χ2n) is 3.41. The Morgan fingerprint density at radius 2 is 1.69 bits per heavy atom. The molecule has 0 bridgehead atoms. The third-order valence-electron chi connectivity index (χ3n) is 2.34. The number of fused-ring (bicyclic) bond motifs is 1. The van der Waals surface area contributed by atoms with E-state index in [9.17, 15) is 13.2 Å². The molecule has 0 N–H and O–H groups in total. The van der Waals surface area contributed by atoms with E-state index in [0.717, 1.165) is 0 Å². The van der Waals surface area contributed by atoms with Crippen molar-refractivity contribution in [2.75, 3.05) is 0 Å². The van der Waals surface area contributed by atoms with Crippen LogP contribution in [-0.2, 0) is 6.18 Å². The van der Waals surface area contributed by atoms with E-state index >= 15 is 0 Å². The Bertz CT molecular complexity index is 549. The molecule has 1 heterocycles. The van der Waals surface area contributed by atoms with Gasteiger partial charge in [0.1, 0.15) is 4.60 Å². The number of hydrogen-bond donors (Lipinski definition) is 0. The number of halogens is 4. The summed E-state index contributed by atoms with van der Waals surface area (Å²) in [7, 11) is 0. The van der Waals surface area contributed by atoms with Gasteiger partial charge in [0, 0.05) is 11.1 Å². The molecule has 0 radical (unpaired) electrons. The number of nitrogens with zero attached hydrogens (tertiary/aromatic N) is 1. The van der Waals surface area contributed by atoms with E-state index < -0.39 is 11.7 Å². The smallest absolute Gasteiger partial charge is 0.245 e. The minimum atomic E-state index is -4.40. The van der Waals surface area contributed by atoms with Crippen LogP contribution < -0.4 is 0 Å². The molecule has 2 rings (SSSR count). The van der Waals surface area contributed by atoms with Crippen LogP contribution in [0.5, 0.6) is 0 Å². The van der Waals surface area contributed by atoms with Crippen molar-refractivity contribution in [1.29, 1.82) is 0 Å². The van der Waals surface area contributed by atoms with Crippen molar-refractivity contribution in [2.45, 2.75) is 13.1 Å². The minimum Gasteiger partial charge on any atom is -0.245 e. The lowest BCUT2D eigenvalue weighted by Crippen LogP contribution is -2.09. The number of rotatable bonds is 0. The van der Waals surface area contributed by atoms with Gasteiger partial charge in [-0.2, -0.15) is 13.2 Å². The first-order chi connectivity index (χ1) is 7.41. The number of pyridine rings is 1. The molecule has 84 valence electrons. The number of aryl methyl sites for hydroxylation is 1. The zero-order chi connectivity index (χ0) is 11.9. The highest BCUT2D eigenvalue weighted by atomic mass is 79.9. The highest BCUT2D eigenvalue weighted by Gasteiger charge is 2.36. The zero-order valence-corrected chi connectivity index (χ0v) is 9.85. The van der Waals surface area contributed by atoms with Crippen LogP contribution in [0.3, 0.4) is 0 Å². The van der Waals surface area contributed by atoms with Crippen molar-refractivity contribution in [3.05, 3.63) is 40.1 Å². The average molecular weight is 290 g/mol. The third-order valence-corrected chi connectivity index (χ3v) is 2.92. The van der Waals surface area contributed by atoms with Crippen LogP contribution in [0, 0.1) is 6.92 Å². The molecule has 1 aromatic heterocycles. The minimum absolute atomic E-state index is 0.156. The normalized spacial score (nSPS) is 12.1. The van der Waals surface area contributed by atoms with Gasteiger partial charge >= 0.3 is 6.18 Å². The number of aromatic nitrogens is 1. The molecule has 0 saturated heterocycles. The Labute approximate surface area is 98.4 Å². The maximum Gasteiger partial charge on any atom is 0.419 e. The molecule has 16 heavy (non-hydrogen) atoms. The van der Waals surface area contributed by atoms with E-state index in [2.05, 4.69) is 20.9 Å². The molecule has 1 nitrogen and oxygen atoms in total. The van der Waals surface area contributed by atoms with Crippen LogP contribution in [0.15, 0.2) is 28.9 Å². The molecule has 5 heteroatoms. The first kappa shape index (κ1) is 11.4. The topological polar surface area (TPSA) is 12.9 Å². The largest absolute Gasteiger partial charge is 0.419 e. The molecule has 0 fully saturated rings. The molecule has 0 saturated carbocycles. The number of hydrogen-bond acceptors (Lipinski definition) is 1. The van der Waals surface area contributed by atoms with Gasteiger partial charge in [0.05, 0.1) is 5.56 Å². The highest BCUT2D eigenvalue weighted by Crippen LogP contribution is 2.39. The van der Waals surface area contributed by atoms with Crippen molar-refractivity contribution < 1.29 is 13.2 Å². The third kappa shape index (κ3) is 1.80. The van der Waals surface area contributed by atoms with Crippen molar-refractivity contribution in [1.82, 2.24) is 4.98 Å². The molecular formula is C11H7BrF3N. The summed E-state index contributed by atoms with van der Waals surface area (Å²) < 4.78 is 38.4. The molecule has 0 aliphatic rings. The second-order valence-corrected chi connectivity index (χ2v) is 4.16. The fraction of sp³-hybridized carbons (Fsp3) is 0.182. The fourth-order valence-electron chi connectivity index (χ4n) is 1.66. The molecule has 0 aliphatic heterocycles. The lowest BCUT2D eigenvalue weighted by Gasteiger charge is -2.13.